The largest absolute Gasteiger partial charge is 4.00 e. The van der Waals surface area contributed by atoms with Crippen molar-refractivity contribution in [3.8, 4) is 0 Å². The molecule has 0 nitrogen and oxygen atoms in total. The first-order chi connectivity index (χ1) is 19.1. The van der Waals surface area contributed by atoms with E-state index in [0.717, 1.165) is 20.6 Å². The third-order valence-electron chi connectivity index (χ3n) is 5.76. The average molecular weight is 569 g/mol. The molecular weight excluding hydrogens is 532 g/mol. The van der Waals surface area contributed by atoms with Gasteiger partial charge in [-0.25, -0.2) is 0 Å². The van der Waals surface area contributed by atoms with Crippen LogP contribution in [0.3, 0.4) is 0 Å². The standard InChI is InChI=1S/C13H9.C9H7.2C7H7.C2H6Si.Ti/c1-3-7-12-10(5-1)9-11-6-2-4-8-13(11)12;1-2-5-9-7-3-6-8(9)4-1;2*1-7-5-3-2-4-6-7;1-3-2;/h1-9H;1-7H;2*2-6H,1H2;1-2H3;/q4*-1;;+4. The van der Waals surface area contributed by atoms with Gasteiger partial charge >= 0.3 is 21.7 Å². The molecule has 0 N–H and O–H groups in total. The zero-order valence-corrected chi connectivity index (χ0v) is 26.0. The average Bonchev–Trinajstić information content (AvgIpc) is 3.60. The number of hydrogen-bond donors (Lipinski definition) is 0. The summed E-state index contributed by atoms with van der Waals surface area (Å²) in [7, 11) is 1.08. The van der Waals surface area contributed by atoms with E-state index < -0.39 is 0 Å². The van der Waals surface area contributed by atoms with Gasteiger partial charge < -0.3 is 0 Å². The molecule has 0 bridgehead atoms. The van der Waals surface area contributed by atoms with Crippen molar-refractivity contribution in [2.75, 3.05) is 0 Å². The fraction of sp³-hybridized carbons (Fsp3) is 0.0526. The second-order valence-corrected chi connectivity index (χ2v) is 9.94. The van der Waals surface area contributed by atoms with Crippen LogP contribution in [0.4, 0.5) is 0 Å². The molecule has 0 aliphatic carbocycles. The summed E-state index contributed by atoms with van der Waals surface area (Å²) in [5, 5.41) is 8.05. The number of fused-ring (bicyclic) bond motifs is 4. The third kappa shape index (κ3) is 10.8. The monoisotopic (exact) mass is 568 g/mol. The smallest absolute Gasteiger partial charge is 0.199 e. The maximum Gasteiger partial charge on any atom is 4.00 e. The van der Waals surface area contributed by atoms with Crippen molar-refractivity contribution in [3.63, 3.8) is 0 Å². The Balaban J connectivity index is 0.000000185. The minimum Gasteiger partial charge on any atom is -0.199 e. The van der Waals surface area contributed by atoms with Gasteiger partial charge in [-0.15, -0.1) is 93.7 Å². The van der Waals surface area contributed by atoms with Crippen LogP contribution in [0.5, 0.6) is 0 Å². The van der Waals surface area contributed by atoms with Crippen molar-refractivity contribution < 1.29 is 21.7 Å². The predicted octanol–water partition coefficient (Wildman–Crippen LogP) is 10.8. The van der Waals surface area contributed by atoms with E-state index in [1.807, 2.05) is 60.7 Å². The van der Waals surface area contributed by atoms with Gasteiger partial charge in [-0.05, 0) is 0 Å². The Morgan fingerprint density at radius 3 is 1.25 bits per heavy atom. The van der Waals surface area contributed by atoms with Crippen LogP contribution < -0.4 is 0 Å². The van der Waals surface area contributed by atoms with Crippen LogP contribution in [0.2, 0.25) is 13.1 Å². The van der Waals surface area contributed by atoms with Gasteiger partial charge in [-0.1, -0.05) is 67.7 Å². The van der Waals surface area contributed by atoms with Gasteiger partial charge in [0.25, 0.3) is 0 Å². The van der Waals surface area contributed by atoms with Gasteiger partial charge in [-0.3, -0.25) is 0 Å². The third-order valence-corrected chi connectivity index (χ3v) is 5.76. The first-order valence-corrected chi connectivity index (χ1v) is 15.1. The number of benzene rings is 5. The maximum atomic E-state index is 3.72. The molecule has 0 fully saturated rings. The molecule has 196 valence electrons. The summed E-state index contributed by atoms with van der Waals surface area (Å²) in [6.45, 7) is 11.7. The molecule has 7 aromatic carbocycles. The van der Waals surface area contributed by atoms with Crippen LogP contribution in [0.25, 0.3) is 32.3 Å². The van der Waals surface area contributed by atoms with Crippen molar-refractivity contribution in [3.05, 3.63) is 183 Å². The molecule has 0 saturated heterocycles. The molecule has 0 aliphatic rings. The Bertz CT molecular complexity index is 1490. The van der Waals surface area contributed by atoms with Crippen molar-refractivity contribution in [2.24, 2.45) is 0 Å². The molecule has 0 spiro atoms. The first kappa shape index (κ1) is 32.5. The van der Waals surface area contributed by atoms with E-state index in [1.54, 1.807) is 0 Å². The van der Waals surface area contributed by atoms with Gasteiger partial charge in [0.1, 0.15) is 0 Å². The predicted molar refractivity (Wildman–Crippen MR) is 176 cm³/mol. The van der Waals surface area contributed by atoms with Gasteiger partial charge in [0.05, 0.1) is 0 Å². The van der Waals surface area contributed by atoms with E-state index in [9.17, 15) is 0 Å². The van der Waals surface area contributed by atoms with E-state index in [-0.39, 0.29) is 21.7 Å². The minimum atomic E-state index is 0. The summed E-state index contributed by atoms with van der Waals surface area (Å²) in [6.07, 6.45) is 0. The van der Waals surface area contributed by atoms with E-state index in [1.165, 1.54) is 32.3 Å². The van der Waals surface area contributed by atoms with Crippen LogP contribution in [-0.2, 0) is 21.7 Å². The van der Waals surface area contributed by atoms with Gasteiger partial charge in [0.15, 0.2) is 0 Å². The minimum absolute atomic E-state index is 0. The summed E-state index contributed by atoms with van der Waals surface area (Å²) in [6, 6.07) is 53.7. The zero-order valence-electron chi connectivity index (χ0n) is 23.4. The van der Waals surface area contributed by atoms with E-state index in [0.29, 0.717) is 0 Å². The molecule has 0 saturated carbocycles. The normalized spacial score (nSPS) is 9.35. The van der Waals surface area contributed by atoms with E-state index >= 15 is 0 Å². The molecule has 40 heavy (non-hydrogen) atoms. The SMILES string of the molecule is C[Si]C.[CH2-]c1ccccc1.[CH2-]c1ccccc1.[Ti+4].c1ccc2[cH-]ccc2c1.c1ccc2c(c1)[cH-]c1ccccc12. The summed E-state index contributed by atoms with van der Waals surface area (Å²) in [4.78, 5) is 0. The quantitative estimate of drug-likeness (QED) is 0.126. The van der Waals surface area contributed by atoms with E-state index in [4.69, 9.17) is 0 Å². The summed E-state index contributed by atoms with van der Waals surface area (Å²) in [5.74, 6) is 0. The molecule has 0 unspecified atom stereocenters. The summed E-state index contributed by atoms with van der Waals surface area (Å²) >= 11 is 0. The topological polar surface area (TPSA) is 0 Å². The van der Waals surface area contributed by atoms with Crippen molar-refractivity contribution in [2.45, 2.75) is 13.1 Å². The molecule has 0 atom stereocenters. The van der Waals surface area contributed by atoms with Crippen LogP contribution in [0.15, 0.2) is 158 Å². The number of rotatable bonds is 0. The van der Waals surface area contributed by atoms with Crippen LogP contribution in [-0.4, -0.2) is 9.52 Å². The molecule has 0 aromatic heterocycles. The molecular formula is C38H36SiTi. The van der Waals surface area contributed by atoms with Crippen molar-refractivity contribution >= 4 is 41.8 Å². The van der Waals surface area contributed by atoms with Gasteiger partial charge in [-0.2, -0.15) is 66.8 Å². The summed E-state index contributed by atoms with van der Waals surface area (Å²) < 4.78 is 0. The fourth-order valence-electron chi connectivity index (χ4n) is 3.93. The molecule has 2 radical (unpaired) electrons. The molecule has 0 heterocycles. The summed E-state index contributed by atoms with van der Waals surface area (Å²) in [5.41, 5.74) is 2.14. The fourth-order valence-corrected chi connectivity index (χ4v) is 3.93. The first-order valence-electron chi connectivity index (χ1n) is 13.1. The maximum absolute atomic E-state index is 3.72. The van der Waals surface area contributed by atoms with Crippen molar-refractivity contribution in [1.82, 2.24) is 0 Å². The molecule has 0 amide bonds. The van der Waals surface area contributed by atoms with Crippen LogP contribution in [0.1, 0.15) is 11.1 Å². The second-order valence-electron chi connectivity index (χ2n) is 8.94. The Morgan fingerprint density at radius 1 is 0.475 bits per heavy atom. The van der Waals surface area contributed by atoms with Crippen LogP contribution >= 0.6 is 0 Å². The molecule has 7 aromatic rings. The number of hydrogen-bond acceptors (Lipinski definition) is 0. The second kappa shape index (κ2) is 18.5. The van der Waals surface area contributed by atoms with Crippen molar-refractivity contribution in [1.29, 1.82) is 0 Å². The van der Waals surface area contributed by atoms with Gasteiger partial charge in [0, 0.05) is 9.52 Å². The van der Waals surface area contributed by atoms with E-state index in [2.05, 4.69) is 124 Å². The molecule has 2 heteroatoms. The van der Waals surface area contributed by atoms with Gasteiger partial charge in [0.2, 0.25) is 0 Å². The Labute approximate surface area is 258 Å². The molecule has 7 rings (SSSR count). The Kier molecular flexibility index (Phi) is 15.0. The Morgan fingerprint density at radius 2 is 0.850 bits per heavy atom. The zero-order chi connectivity index (χ0) is 27.7. The Hall–Kier alpha value is -3.75. The van der Waals surface area contributed by atoms with Crippen LogP contribution in [0, 0.1) is 13.8 Å². The molecule has 0 aliphatic heterocycles.